The molecule has 2 aliphatic rings. The lowest BCUT2D eigenvalue weighted by Crippen LogP contribution is -2.45. The van der Waals surface area contributed by atoms with Crippen LogP contribution in [0.4, 0.5) is 0 Å². The summed E-state index contributed by atoms with van der Waals surface area (Å²) in [4.78, 5) is 18.6. The Morgan fingerprint density at radius 3 is 3.00 bits per heavy atom. The van der Waals surface area contributed by atoms with Crippen LogP contribution in [0.15, 0.2) is 36.8 Å². The minimum atomic E-state index is -0.225. The Morgan fingerprint density at radius 2 is 2.19 bits per heavy atom. The molecule has 1 aromatic carbocycles. The van der Waals surface area contributed by atoms with E-state index in [-0.39, 0.29) is 12.0 Å². The first-order valence-corrected chi connectivity index (χ1v) is 10.7. The van der Waals surface area contributed by atoms with Gasteiger partial charge in [0, 0.05) is 55.7 Å². The first kappa shape index (κ1) is 20.4. The summed E-state index contributed by atoms with van der Waals surface area (Å²) < 4.78 is 6.96. The van der Waals surface area contributed by atoms with Crippen molar-refractivity contribution >= 4 is 5.97 Å². The first-order chi connectivity index (χ1) is 15.5. The molecule has 1 saturated heterocycles. The number of hydrogen-bond acceptors (Lipinski definition) is 7. The van der Waals surface area contributed by atoms with Crippen molar-refractivity contribution in [2.45, 2.75) is 33.0 Å². The predicted molar refractivity (Wildman–Crippen MR) is 117 cm³/mol. The van der Waals surface area contributed by atoms with Gasteiger partial charge in [0.2, 0.25) is 0 Å². The molecule has 0 aliphatic carbocycles. The Hall–Kier alpha value is -3.54. The van der Waals surface area contributed by atoms with E-state index in [9.17, 15) is 4.79 Å². The second kappa shape index (κ2) is 8.19. The van der Waals surface area contributed by atoms with Crippen LogP contribution in [-0.4, -0.2) is 45.3 Å². The molecule has 4 heterocycles. The molecule has 5 rings (SSSR count). The van der Waals surface area contributed by atoms with Crippen molar-refractivity contribution in [3.05, 3.63) is 75.7 Å². The third-order valence-electron chi connectivity index (χ3n) is 6.34. The van der Waals surface area contributed by atoms with Gasteiger partial charge in [0.15, 0.2) is 5.82 Å². The fraction of sp³-hybridized carbons (Fsp3) is 0.333. The number of aromatic nitrogens is 3. The summed E-state index contributed by atoms with van der Waals surface area (Å²) in [7, 11) is 0. The van der Waals surface area contributed by atoms with Crippen molar-refractivity contribution in [3.63, 3.8) is 0 Å². The number of nitrogens with zero attached hydrogens (tertiary/aromatic N) is 5. The maximum atomic E-state index is 11.8. The van der Waals surface area contributed by atoms with E-state index in [1.807, 2.05) is 31.5 Å². The van der Waals surface area contributed by atoms with Crippen molar-refractivity contribution in [1.82, 2.24) is 25.0 Å². The molecule has 1 fully saturated rings. The standard InChI is InChI=1S/C24H24N6O2/c1-15-7-23(27-10-18(15)8-25)30-12-17(9-28-30)11-29-6-5-26-22(13-29)19-3-4-20-21(16(19)2)14-32-24(20)31/h3-4,7,9-10,12,22,26H,5-6,11,13-14H2,1-2H3. The highest BCUT2D eigenvalue weighted by molar-refractivity contribution is 5.94. The van der Waals surface area contributed by atoms with E-state index in [1.54, 1.807) is 10.9 Å². The number of ether oxygens (including phenoxy) is 1. The number of cyclic esters (lactones) is 1. The summed E-state index contributed by atoms with van der Waals surface area (Å²) in [5.41, 5.74) is 6.64. The number of fused-ring (bicyclic) bond motifs is 1. The van der Waals surface area contributed by atoms with Gasteiger partial charge in [-0.2, -0.15) is 10.4 Å². The normalized spacial score (nSPS) is 18.3. The molecule has 1 atom stereocenters. The van der Waals surface area contributed by atoms with Crippen molar-refractivity contribution in [1.29, 1.82) is 5.26 Å². The predicted octanol–water partition coefficient (Wildman–Crippen LogP) is 2.57. The molecule has 0 spiro atoms. The van der Waals surface area contributed by atoms with Crippen LogP contribution in [0.2, 0.25) is 0 Å². The largest absolute Gasteiger partial charge is 0.457 e. The lowest BCUT2D eigenvalue weighted by atomic mass is 9.93. The molecule has 0 radical (unpaired) electrons. The van der Waals surface area contributed by atoms with Crippen LogP contribution in [-0.2, 0) is 17.9 Å². The molecule has 2 aromatic heterocycles. The highest BCUT2D eigenvalue weighted by Gasteiger charge is 2.28. The average molecular weight is 428 g/mol. The van der Waals surface area contributed by atoms with Crippen LogP contribution in [0.25, 0.3) is 5.82 Å². The number of nitrogens with one attached hydrogen (secondary N) is 1. The Morgan fingerprint density at radius 1 is 1.31 bits per heavy atom. The summed E-state index contributed by atoms with van der Waals surface area (Å²) in [6, 6.07) is 8.16. The second-order valence-electron chi connectivity index (χ2n) is 8.39. The lowest BCUT2D eigenvalue weighted by Gasteiger charge is -2.34. The number of piperazine rings is 1. The first-order valence-electron chi connectivity index (χ1n) is 10.7. The van der Waals surface area contributed by atoms with Gasteiger partial charge < -0.3 is 10.1 Å². The van der Waals surface area contributed by atoms with E-state index in [0.29, 0.717) is 23.6 Å². The Kier molecular flexibility index (Phi) is 5.21. The SMILES string of the molecule is Cc1cc(-n2cc(CN3CCNC(c4ccc5c(c4C)COC5=O)C3)cn2)ncc1C#N. The van der Waals surface area contributed by atoms with Crippen LogP contribution in [0.5, 0.6) is 0 Å². The van der Waals surface area contributed by atoms with Gasteiger partial charge in [0.05, 0.1) is 17.3 Å². The monoisotopic (exact) mass is 428 g/mol. The van der Waals surface area contributed by atoms with Gasteiger partial charge in [0.1, 0.15) is 12.7 Å². The molecule has 8 nitrogen and oxygen atoms in total. The summed E-state index contributed by atoms with van der Waals surface area (Å²) in [6.45, 7) is 7.84. The molecule has 3 aromatic rings. The van der Waals surface area contributed by atoms with Gasteiger partial charge in [0.25, 0.3) is 0 Å². The van der Waals surface area contributed by atoms with Crippen LogP contribution in [0.1, 0.15) is 49.8 Å². The minimum Gasteiger partial charge on any atom is -0.457 e. The third-order valence-corrected chi connectivity index (χ3v) is 6.34. The zero-order chi connectivity index (χ0) is 22.2. The van der Waals surface area contributed by atoms with Crippen LogP contribution < -0.4 is 5.32 Å². The van der Waals surface area contributed by atoms with Crippen LogP contribution in [0.3, 0.4) is 0 Å². The molecule has 162 valence electrons. The van der Waals surface area contributed by atoms with Crippen molar-refractivity contribution in [2.75, 3.05) is 19.6 Å². The molecule has 2 aliphatic heterocycles. The van der Waals surface area contributed by atoms with Gasteiger partial charge in [-0.15, -0.1) is 0 Å². The number of aryl methyl sites for hydroxylation is 1. The third kappa shape index (κ3) is 3.66. The molecule has 0 bridgehead atoms. The topological polar surface area (TPSA) is 96.1 Å². The van der Waals surface area contributed by atoms with Gasteiger partial charge >= 0.3 is 5.97 Å². The number of carbonyl (C=O) groups is 1. The van der Waals surface area contributed by atoms with Crippen LogP contribution in [0, 0.1) is 25.2 Å². The molecule has 32 heavy (non-hydrogen) atoms. The molecular formula is C24H24N6O2. The fourth-order valence-corrected chi connectivity index (χ4v) is 4.52. The van der Waals surface area contributed by atoms with Crippen molar-refractivity contribution in [2.24, 2.45) is 0 Å². The average Bonchev–Trinajstić information content (AvgIpc) is 3.41. The number of hydrogen-bond donors (Lipinski definition) is 1. The molecule has 0 amide bonds. The van der Waals surface area contributed by atoms with Crippen molar-refractivity contribution in [3.8, 4) is 11.9 Å². The highest BCUT2D eigenvalue weighted by atomic mass is 16.5. The Labute approximate surface area is 186 Å². The fourth-order valence-electron chi connectivity index (χ4n) is 4.52. The van der Waals surface area contributed by atoms with E-state index in [1.165, 1.54) is 5.56 Å². The number of nitriles is 1. The smallest absolute Gasteiger partial charge is 0.338 e. The summed E-state index contributed by atoms with van der Waals surface area (Å²) >= 11 is 0. The van der Waals surface area contributed by atoms with Gasteiger partial charge in [-0.1, -0.05) is 6.07 Å². The zero-order valence-corrected chi connectivity index (χ0v) is 18.1. The lowest BCUT2D eigenvalue weighted by molar-refractivity contribution is 0.0535. The quantitative estimate of drug-likeness (QED) is 0.638. The van der Waals surface area contributed by atoms with E-state index >= 15 is 0 Å². The second-order valence-corrected chi connectivity index (χ2v) is 8.39. The van der Waals surface area contributed by atoms with Gasteiger partial charge in [-0.3, -0.25) is 4.90 Å². The number of esters is 1. The van der Waals surface area contributed by atoms with E-state index < -0.39 is 0 Å². The summed E-state index contributed by atoms with van der Waals surface area (Å²) in [5, 5.41) is 17.2. The Balaban J connectivity index is 1.30. The van der Waals surface area contributed by atoms with Crippen LogP contribution >= 0.6 is 0 Å². The Bertz CT molecular complexity index is 1240. The zero-order valence-electron chi connectivity index (χ0n) is 18.1. The maximum absolute atomic E-state index is 11.8. The van der Waals surface area contributed by atoms with E-state index in [4.69, 9.17) is 10.00 Å². The van der Waals surface area contributed by atoms with Crippen molar-refractivity contribution < 1.29 is 9.53 Å². The van der Waals surface area contributed by atoms with Gasteiger partial charge in [-0.05, 0) is 42.7 Å². The summed E-state index contributed by atoms with van der Waals surface area (Å²) in [5.74, 6) is 0.480. The molecule has 1 unspecified atom stereocenters. The summed E-state index contributed by atoms with van der Waals surface area (Å²) in [6.07, 6.45) is 5.45. The van der Waals surface area contributed by atoms with E-state index in [0.717, 1.165) is 48.4 Å². The number of carbonyl (C=O) groups excluding carboxylic acids is 1. The number of pyridine rings is 1. The number of rotatable bonds is 4. The minimum absolute atomic E-state index is 0.197. The maximum Gasteiger partial charge on any atom is 0.338 e. The molecule has 8 heteroatoms. The van der Waals surface area contributed by atoms with Gasteiger partial charge in [-0.25, -0.2) is 14.5 Å². The molecule has 1 N–H and O–H groups in total. The number of benzene rings is 1. The van der Waals surface area contributed by atoms with E-state index in [2.05, 4.69) is 39.4 Å². The molecular weight excluding hydrogens is 404 g/mol. The molecule has 0 saturated carbocycles. The highest BCUT2D eigenvalue weighted by Crippen LogP contribution is 2.30.